The van der Waals surface area contributed by atoms with E-state index in [1.807, 2.05) is 0 Å². The van der Waals surface area contributed by atoms with Crippen molar-refractivity contribution in [1.29, 1.82) is 0 Å². The minimum absolute atomic E-state index is 0.0448. The van der Waals surface area contributed by atoms with Crippen molar-refractivity contribution >= 4 is 27.4 Å². The van der Waals surface area contributed by atoms with Gasteiger partial charge >= 0.3 is 0 Å². The van der Waals surface area contributed by atoms with Gasteiger partial charge in [-0.05, 0) is 28.1 Å². The molecule has 98 valence electrons. The largest absolute Gasteiger partial charge is 0.487 e. The Morgan fingerprint density at radius 3 is 2.84 bits per heavy atom. The molecular formula is C12H10BrN3O3. The Labute approximate surface area is 117 Å². The van der Waals surface area contributed by atoms with Crippen LogP contribution in [0, 0.1) is 10.1 Å². The second kappa shape index (κ2) is 5.66. The number of rotatable bonds is 4. The number of aromatic nitrogens is 1. The van der Waals surface area contributed by atoms with Gasteiger partial charge in [-0.25, -0.2) is 4.98 Å². The maximum atomic E-state index is 10.8. The Morgan fingerprint density at radius 2 is 2.16 bits per heavy atom. The summed E-state index contributed by atoms with van der Waals surface area (Å²) in [6.07, 6.45) is 1.59. The van der Waals surface area contributed by atoms with E-state index in [2.05, 4.69) is 20.9 Å². The molecule has 0 spiro atoms. The summed E-state index contributed by atoms with van der Waals surface area (Å²) >= 11 is 3.16. The fraction of sp³-hybridized carbons (Fsp3) is 0.0833. The van der Waals surface area contributed by atoms with Crippen molar-refractivity contribution in [1.82, 2.24) is 4.98 Å². The van der Waals surface area contributed by atoms with Gasteiger partial charge in [0.1, 0.15) is 22.6 Å². The average molecular weight is 324 g/mol. The van der Waals surface area contributed by atoms with Crippen LogP contribution in [0.2, 0.25) is 0 Å². The summed E-state index contributed by atoms with van der Waals surface area (Å²) in [5.41, 5.74) is 6.37. The summed E-state index contributed by atoms with van der Waals surface area (Å²) in [5.74, 6) is 0.765. The highest BCUT2D eigenvalue weighted by molar-refractivity contribution is 9.10. The maximum Gasteiger partial charge on any atom is 0.287 e. The van der Waals surface area contributed by atoms with Gasteiger partial charge in [-0.3, -0.25) is 10.1 Å². The Bertz CT molecular complexity index is 619. The molecule has 0 fully saturated rings. The fourth-order valence-electron chi connectivity index (χ4n) is 1.48. The molecule has 0 amide bonds. The minimum atomic E-state index is -0.477. The van der Waals surface area contributed by atoms with Gasteiger partial charge in [0.2, 0.25) is 0 Å². The molecule has 1 aromatic carbocycles. The molecule has 0 saturated carbocycles. The van der Waals surface area contributed by atoms with E-state index >= 15 is 0 Å². The molecule has 7 heteroatoms. The predicted octanol–water partition coefficient (Wildman–Crippen LogP) is 2.91. The first-order valence-electron chi connectivity index (χ1n) is 5.34. The van der Waals surface area contributed by atoms with Crippen LogP contribution in [-0.4, -0.2) is 9.91 Å². The molecule has 0 saturated heterocycles. The number of nitrogen functional groups attached to an aromatic ring is 1. The SMILES string of the molecule is Nc1ncccc1COc1cccc([N+](=O)[O-])c1Br. The van der Waals surface area contributed by atoms with Crippen LogP contribution in [0.3, 0.4) is 0 Å². The van der Waals surface area contributed by atoms with Gasteiger partial charge in [0.25, 0.3) is 5.69 Å². The zero-order valence-corrected chi connectivity index (χ0v) is 11.3. The Balaban J connectivity index is 2.19. The Morgan fingerprint density at radius 1 is 1.37 bits per heavy atom. The number of nitrogens with zero attached hydrogens (tertiary/aromatic N) is 2. The molecule has 0 aliphatic heterocycles. The van der Waals surface area contributed by atoms with E-state index in [9.17, 15) is 10.1 Å². The standard InChI is InChI=1S/C12H10BrN3O3/c13-11-9(16(17)18)4-1-5-10(11)19-7-8-3-2-6-15-12(8)14/h1-6H,7H2,(H2,14,15). The van der Waals surface area contributed by atoms with Crippen molar-refractivity contribution in [3.05, 3.63) is 56.7 Å². The number of halogens is 1. The summed E-state index contributed by atoms with van der Waals surface area (Å²) in [4.78, 5) is 14.3. The van der Waals surface area contributed by atoms with E-state index in [4.69, 9.17) is 10.5 Å². The molecule has 0 aliphatic carbocycles. The first-order valence-corrected chi connectivity index (χ1v) is 6.14. The second-order valence-electron chi connectivity index (χ2n) is 3.68. The predicted molar refractivity (Wildman–Crippen MR) is 73.8 cm³/mol. The first-order chi connectivity index (χ1) is 9.09. The molecule has 0 aliphatic rings. The summed E-state index contributed by atoms with van der Waals surface area (Å²) in [5, 5.41) is 10.8. The smallest absolute Gasteiger partial charge is 0.287 e. The fourth-order valence-corrected chi connectivity index (χ4v) is 2.00. The average Bonchev–Trinajstić information content (AvgIpc) is 2.39. The Kier molecular flexibility index (Phi) is 3.96. The number of nitro groups is 1. The number of ether oxygens (including phenoxy) is 1. The monoisotopic (exact) mass is 323 g/mol. The molecule has 0 atom stereocenters. The number of nitro benzene ring substituents is 1. The van der Waals surface area contributed by atoms with Crippen LogP contribution in [0.25, 0.3) is 0 Å². The highest BCUT2D eigenvalue weighted by Gasteiger charge is 2.16. The lowest BCUT2D eigenvalue weighted by Gasteiger charge is -2.09. The lowest BCUT2D eigenvalue weighted by Crippen LogP contribution is -2.02. The third-order valence-corrected chi connectivity index (χ3v) is 3.25. The third kappa shape index (κ3) is 3.00. The van der Waals surface area contributed by atoms with E-state index in [0.717, 1.165) is 5.56 Å². The molecule has 1 aromatic heterocycles. The van der Waals surface area contributed by atoms with E-state index in [1.54, 1.807) is 30.5 Å². The van der Waals surface area contributed by atoms with Gasteiger partial charge < -0.3 is 10.5 Å². The van der Waals surface area contributed by atoms with Crippen LogP contribution in [0.4, 0.5) is 11.5 Å². The molecule has 0 radical (unpaired) electrons. The van der Waals surface area contributed by atoms with Gasteiger partial charge in [-0.1, -0.05) is 12.1 Å². The number of pyridine rings is 1. The summed E-state index contributed by atoms with van der Waals surface area (Å²) in [7, 11) is 0. The van der Waals surface area contributed by atoms with E-state index in [1.165, 1.54) is 6.07 Å². The first kappa shape index (κ1) is 13.3. The van der Waals surface area contributed by atoms with Crippen molar-refractivity contribution in [2.45, 2.75) is 6.61 Å². The van der Waals surface area contributed by atoms with Gasteiger partial charge in [0.15, 0.2) is 0 Å². The van der Waals surface area contributed by atoms with Crippen LogP contribution in [0.15, 0.2) is 41.0 Å². The van der Waals surface area contributed by atoms with Crippen molar-refractivity contribution in [2.75, 3.05) is 5.73 Å². The molecular weight excluding hydrogens is 314 g/mol. The molecule has 2 N–H and O–H groups in total. The lowest BCUT2D eigenvalue weighted by molar-refractivity contribution is -0.385. The van der Waals surface area contributed by atoms with Crippen LogP contribution in [0.1, 0.15) is 5.56 Å². The quantitative estimate of drug-likeness (QED) is 0.690. The number of hydrogen-bond acceptors (Lipinski definition) is 5. The highest BCUT2D eigenvalue weighted by atomic mass is 79.9. The summed E-state index contributed by atoms with van der Waals surface area (Å²) in [6, 6.07) is 8.13. The molecule has 6 nitrogen and oxygen atoms in total. The molecule has 0 unspecified atom stereocenters. The molecule has 2 aromatic rings. The zero-order valence-electron chi connectivity index (χ0n) is 9.75. The number of benzene rings is 1. The van der Waals surface area contributed by atoms with E-state index < -0.39 is 4.92 Å². The summed E-state index contributed by atoms with van der Waals surface area (Å²) in [6.45, 7) is 0.194. The van der Waals surface area contributed by atoms with Crippen molar-refractivity contribution in [3.8, 4) is 5.75 Å². The van der Waals surface area contributed by atoms with Gasteiger partial charge in [-0.15, -0.1) is 0 Å². The lowest BCUT2D eigenvalue weighted by atomic mass is 10.2. The summed E-state index contributed by atoms with van der Waals surface area (Å²) < 4.78 is 5.83. The molecule has 0 bridgehead atoms. The highest BCUT2D eigenvalue weighted by Crippen LogP contribution is 2.34. The number of nitrogens with two attached hydrogens (primary N) is 1. The number of anilines is 1. The maximum absolute atomic E-state index is 10.8. The second-order valence-corrected chi connectivity index (χ2v) is 4.48. The van der Waals surface area contributed by atoms with Gasteiger partial charge in [-0.2, -0.15) is 0 Å². The van der Waals surface area contributed by atoms with Gasteiger partial charge in [0, 0.05) is 17.8 Å². The van der Waals surface area contributed by atoms with E-state index in [-0.39, 0.29) is 12.3 Å². The van der Waals surface area contributed by atoms with Crippen molar-refractivity contribution in [3.63, 3.8) is 0 Å². The van der Waals surface area contributed by atoms with Crippen LogP contribution >= 0.6 is 15.9 Å². The van der Waals surface area contributed by atoms with Crippen LogP contribution < -0.4 is 10.5 Å². The van der Waals surface area contributed by atoms with E-state index in [0.29, 0.717) is 16.0 Å². The van der Waals surface area contributed by atoms with Crippen LogP contribution in [0.5, 0.6) is 5.75 Å². The molecule has 2 rings (SSSR count). The number of hydrogen-bond donors (Lipinski definition) is 1. The van der Waals surface area contributed by atoms with Gasteiger partial charge in [0.05, 0.1) is 4.92 Å². The minimum Gasteiger partial charge on any atom is -0.487 e. The van der Waals surface area contributed by atoms with Crippen LogP contribution in [-0.2, 0) is 6.61 Å². The third-order valence-electron chi connectivity index (χ3n) is 2.45. The molecule has 1 heterocycles. The topological polar surface area (TPSA) is 91.3 Å². The zero-order chi connectivity index (χ0) is 13.8. The molecule has 19 heavy (non-hydrogen) atoms. The van der Waals surface area contributed by atoms with Crippen molar-refractivity contribution < 1.29 is 9.66 Å². The van der Waals surface area contributed by atoms with Crippen molar-refractivity contribution in [2.24, 2.45) is 0 Å². The normalized spacial score (nSPS) is 10.2. The Hall–Kier alpha value is -2.15.